The number of hydrogen-bond acceptors (Lipinski definition) is 6. The molecule has 7 nitrogen and oxygen atoms in total. The van der Waals surface area contributed by atoms with Gasteiger partial charge in [0.1, 0.15) is 17.9 Å². The molecule has 0 radical (unpaired) electrons. The quantitative estimate of drug-likeness (QED) is 0.535. The molecule has 8 heteroatoms. The number of rotatable bonds is 5. The van der Waals surface area contributed by atoms with E-state index in [1.165, 1.54) is 11.8 Å². The SMILES string of the molecule is COc1ccccc1-n1cnnc1SC(C)c1nc2ccccc2c(=O)[nH]1. The highest BCUT2D eigenvalue weighted by atomic mass is 32.2. The van der Waals surface area contributed by atoms with Crippen LogP contribution >= 0.6 is 11.8 Å². The van der Waals surface area contributed by atoms with Crippen LogP contribution in [0.2, 0.25) is 0 Å². The van der Waals surface area contributed by atoms with Crippen molar-refractivity contribution >= 4 is 22.7 Å². The molecular weight excluding hydrogens is 362 g/mol. The van der Waals surface area contributed by atoms with E-state index in [2.05, 4.69) is 20.2 Å². The number of aromatic nitrogens is 5. The number of ether oxygens (including phenoxy) is 1. The summed E-state index contributed by atoms with van der Waals surface area (Å²) in [7, 11) is 1.63. The van der Waals surface area contributed by atoms with Gasteiger partial charge in [0.05, 0.1) is 29.0 Å². The minimum absolute atomic E-state index is 0.125. The average Bonchev–Trinajstić information content (AvgIpc) is 3.15. The minimum atomic E-state index is -0.144. The first-order valence-electron chi connectivity index (χ1n) is 8.36. The highest BCUT2D eigenvalue weighted by Gasteiger charge is 2.18. The molecule has 0 spiro atoms. The Morgan fingerprint density at radius 3 is 2.78 bits per heavy atom. The Kier molecular flexibility index (Phi) is 4.64. The molecule has 2 aromatic heterocycles. The molecule has 0 bridgehead atoms. The summed E-state index contributed by atoms with van der Waals surface area (Å²) in [6, 6.07) is 15.0. The Morgan fingerprint density at radius 1 is 1.15 bits per heavy atom. The summed E-state index contributed by atoms with van der Waals surface area (Å²) in [5.41, 5.74) is 1.38. The molecule has 2 heterocycles. The predicted molar refractivity (Wildman–Crippen MR) is 105 cm³/mol. The molecule has 0 aliphatic carbocycles. The van der Waals surface area contributed by atoms with E-state index in [-0.39, 0.29) is 10.8 Å². The Balaban J connectivity index is 1.68. The molecule has 1 atom stereocenters. The molecule has 2 aromatic carbocycles. The van der Waals surface area contributed by atoms with Gasteiger partial charge in [-0.25, -0.2) is 4.98 Å². The highest BCUT2D eigenvalue weighted by molar-refractivity contribution is 7.99. The Morgan fingerprint density at radius 2 is 1.93 bits per heavy atom. The maximum Gasteiger partial charge on any atom is 0.258 e. The summed E-state index contributed by atoms with van der Waals surface area (Å²) < 4.78 is 7.29. The van der Waals surface area contributed by atoms with E-state index in [1.54, 1.807) is 19.5 Å². The molecule has 0 amide bonds. The number of methoxy groups -OCH3 is 1. The first kappa shape index (κ1) is 17.3. The Bertz CT molecular complexity index is 1150. The third-order valence-corrected chi connectivity index (χ3v) is 5.23. The standard InChI is InChI=1S/C19H17N5O2S/c1-12(17-21-14-8-4-3-7-13(14)18(25)22-17)27-19-23-20-11-24(19)15-9-5-6-10-16(15)26-2/h3-12H,1-2H3,(H,21,22,25). The molecule has 0 aliphatic heterocycles. The second kappa shape index (κ2) is 7.24. The molecule has 0 aliphatic rings. The van der Waals surface area contributed by atoms with Crippen molar-refractivity contribution in [1.82, 2.24) is 24.7 Å². The second-order valence-corrected chi connectivity index (χ2v) is 7.19. The van der Waals surface area contributed by atoms with Crippen LogP contribution in [0, 0.1) is 0 Å². The number of fused-ring (bicyclic) bond motifs is 1. The topological polar surface area (TPSA) is 85.7 Å². The number of nitrogens with one attached hydrogen (secondary N) is 1. The largest absolute Gasteiger partial charge is 0.495 e. The molecule has 4 aromatic rings. The summed E-state index contributed by atoms with van der Waals surface area (Å²) in [4.78, 5) is 19.8. The summed E-state index contributed by atoms with van der Waals surface area (Å²) in [5, 5.41) is 9.39. The number of para-hydroxylation sites is 3. The van der Waals surface area contributed by atoms with E-state index in [0.717, 1.165) is 11.4 Å². The van der Waals surface area contributed by atoms with Gasteiger partial charge in [-0.2, -0.15) is 0 Å². The molecule has 0 fully saturated rings. The van der Waals surface area contributed by atoms with Gasteiger partial charge in [-0.15, -0.1) is 10.2 Å². The van der Waals surface area contributed by atoms with Gasteiger partial charge in [0.25, 0.3) is 5.56 Å². The third-order valence-electron chi connectivity index (χ3n) is 4.16. The highest BCUT2D eigenvalue weighted by Crippen LogP contribution is 2.34. The van der Waals surface area contributed by atoms with Gasteiger partial charge >= 0.3 is 0 Å². The van der Waals surface area contributed by atoms with Crippen molar-refractivity contribution in [2.24, 2.45) is 0 Å². The average molecular weight is 379 g/mol. The van der Waals surface area contributed by atoms with Crippen molar-refractivity contribution in [2.75, 3.05) is 7.11 Å². The molecule has 0 saturated carbocycles. The molecule has 1 N–H and O–H groups in total. The summed E-state index contributed by atoms with van der Waals surface area (Å²) in [6.45, 7) is 1.97. The fraction of sp³-hybridized carbons (Fsp3) is 0.158. The lowest BCUT2D eigenvalue weighted by molar-refractivity contribution is 0.412. The lowest BCUT2D eigenvalue weighted by Crippen LogP contribution is -2.13. The molecular formula is C19H17N5O2S. The minimum Gasteiger partial charge on any atom is -0.495 e. The van der Waals surface area contributed by atoms with E-state index in [1.807, 2.05) is 54.0 Å². The van der Waals surface area contributed by atoms with E-state index in [4.69, 9.17) is 4.74 Å². The second-order valence-electron chi connectivity index (χ2n) is 5.88. The van der Waals surface area contributed by atoms with Gasteiger partial charge in [-0.1, -0.05) is 36.0 Å². The van der Waals surface area contributed by atoms with Crippen LogP contribution in [0.15, 0.2) is 64.8 Å². The zero-order chi connectivity index (χ0) is 18.8. The lowest BCUT2D eigenvalue weighted by atomic mass is 10.2. The molecule has 0 saturated heterocycles. The van der Waals surface area contributed by atoms with Crippen LogP contribution in [0.25, 0.3) is 16.6 Å². The van der Waals surface area contributed by atoms with Crippen molar-refractivity contribution in [3.8, 4) is 11.4 Å². The van der Waals surface area contributed by atoms with Crippen molar-refractivity contribution in [2.45, 2.75) is 17.3 Å². The van der Waals surface area contributed by atoms with Crippen molar-refractivity contribution in [3.05, 3.63) is 71.0 Å². The molecule has 136 valence electrons. The number of benzene rings is 2. The number of hydrogen-bond donors (Lipinski definition) is 1. The number of thioether (sulfide) groups is 1. The van der Waals surface area contributed by atoms with Crippen molar-refractivity contribution in [1.29, 1.82) is 0 Å². The first-order chi connectivity index (χ1) is 13.2. The van der Waals surface area contributed by atoms with Gasteiger partial charge in [0.15, 0.2) is 5.16 Å². The Labute approximate surface area is 159 Å². The molecule has 4 rings (SSSR count). The smallest absolute Gasteiger partial charge is 0.258 e. The number of aromatic amines is 1. The third kappa shape index (κ3) is 3.31. The fourth-order valence-electron chi connectivity index (χ4n) is 2.81. The summed E-state index contributed by atoms with van der Waals surface area (Å²) in [6.07, 6.45) is 1.64. The van der Waals surface area contributed by atoms with Crippen molar-refractivity contribution < 1.29 is 4.74 Å². The van der Waals surface area contributed by atoms with Crippen LogP contribution in [0.1, 0.15) is 18.0 Å². The van der Waals surface area contributed by atoms with Gasteiger partial charge in [-0.3, -0.25) is 9.36 Å². The summed E-state index contributed by atoms with van der Waals surface area (Å²) >= 11 is 1.46. The van der Waals surface area contributed by atoms with E-state index in [0.29, 0.717) is 21.9 Å². The van der Waals surface area contributed by atoms with Crippen LogP contribution in [0.5, 0.6) is 5.75 Å². The molecule has 27 heavy (non-hydrogen) atoms. The summed E-state index contributed by atoms with van der Waals surface area (Å²) in [5.74, 6) is 1.32. The fourth-order valence-corrected chi connectivity index (χ4v) is 3.70. The monoisotopic (exact) mass is 379 g/mol. The maximum absolute atomic E-state index is 12.3. The van der Waals surface area contributed by atoms with Gasteiger partial charge in [0.2, 0.25) is 0 Å². The first-order valence-corrected chi connectivity index (χ1v) is 9.24. The van der Waals surface area contributed by atoms with Crippen LogP contribution in [0.3, 0.4) is 0 Å². The van der Waals surface area contributed by atoms with Crippen LogP contribution in [-0.2, 0) is 0 Å². The van der Waals surface area contributed by atoms with Crippen LogP contribution in [0.4, 0.5) is 0 Å². The van der Waals surface area contributed by atoms with Gasteiger partial charge in [-0.05, 0) is 31.2 Å². The van der Waals surface area contributed by atoms with Crippen molar-refractivity contribution in [3.63, 3.8) is 0 Å². The maximum atomic E-state index is 12.3. The van der Waals surface area contributed by atoms with E-state index in [9.17, 15) is 4.79 Å². The van der Waals surface area contributed by atoms with Gasteiger partial charge in [0, 0.05) is 0 Å². The number of H-pyrrole nitrogens is 1. The van der Waals surface area contributed by atoms with Gasteiger partial charge < -0.3 is 9.72 Å². The van der Waals surface area contributed by atoms with E-state index < -0.39 is 0 Å². The molecule has 1 unspecified atom stereocenters. The zero-order valence-electron chi connectivity index (χ0n) is 14.8. The normalized spacial score (nSPS) is 12.2. The van der Waals surface area contributed by atoms with Crippen LogP contribution < -0.4 is 10.3 Å². The lowest BCUT2D eigenvalue weighted by Gasteiger charge is -2.13. The Hall–Kier alpha value is -3.13. The predicted octanol–water partition coefficient (Wildman–Crippen LogP) is 3.37. The van der Waals surface area contributed by atoms with E-state index >= 15 is 0 Å². The van der Waals surface area contributed by atoms with Crippen LogP contribution in [-0.4, -0.2) is 31.8 Å². The number of nitrogens with zero attached hydrogens (tertiary/aromatic N) is 4. The zero-order valence-corrected chi connectivity index (χ0v) is 15.6.